The molecule has 0 aromatic carbocycles. The normalized spacial score (nSPS) is 10.6. The average molecular weight is 156 g/mol. The molecule has 0 aromatic heterocycles. The highest BCUT2D eigenvalue weighted by molar-refractivity contribution is 5.84. The van der Waals surface area contributed by atoms with Crippen molar-refractivity contribution in [3.8, 4) is 0 Å². The Morgan fingerprint density at radius 1 is 1.45 bits per heavy atom. The number of allylic oxidation sites excluding steroid dienone is 1. The van der Waals surface area contributed by atoms with Gasteiger partial charge in [-0.3, -0.25) is 9.59 Å². The summed E-state index contributed by atoms with van der Waals surface area (Å²) >= 11 is 0. The summed E-state index contributed by atoms with van der Waals surface area (Å²) < 4.78 is 0. The van der Waals surface area contributed by atoms with Crippen molar-refractivity contribution in [3.63, 3.8) is 0 Å². The van der Waals surface area contributed by atoms with E-state index in [1.54, 1.807) is 19.0 Å². The Balaban J connectivity index is 4.16. The topological polar surface area (TPSA) is 49.4 Å². The van der Waals surface area contributed by atoms with E-state index in [0.29, 0.717) is 6.29 Å². The zero-order valence-corrected chi connectivity index (χ0v) is 6.92. The van der Waals surface area contributed by atoms with Crippen molar-refractivity contribution in [2.45, 2.75) is 6.92 Å². The first-order chi connectivity index (χ1) is 5.06. The Hall–Kier alpha value is -1.32. The van der Waals surface area contributed by atoms with Crippen LogP contribution in [0.4, 0.5) is 0 Å². The number of carbonyl (C=O) groups is 2. The molecule has 0 bridgehead atoms. The summed E-state index contributed by atoms with van der Waals surface area (Å²) in [5, 5.41) is 2.37. The predicted octanol–water partition coefficient (Wildman–Crippen LogP) is -0.276. The van der Waals surface area contributed by atoms with Crippen LogP contribution in [0.3, 0.4) is 0 Å². The molecule has 0 radical (unpaired) electrons. The second-order valence-corrected chi connectivity index (χ2v) is 2.35. The smallest absolute Gasteiger partial charge is 0.221 e. The van der Waals surface area contributed by atoms with Crippen LogP contribution in [0.15, 0.2) is 11.9 Å². The lowest BCUT2D eigenvalue weighted by Gasteiger charge is -2.06. The van der Waals surface area contributed by atoms with Crippen LogP contribution < -0.4 is 5.32 Å². The van der Waals surface area contributed by atoms with E-state index in [2.05, 4.69) is 5.32 Å². The van der Waals surface area contributed by atoms with Crippen LogP contribution in [0.1, 0.15) is 6.92 Å². The minimum absolute atomic E-state index is 0.245. The van der Waals surface area contributed by atoms with Crippen molar-refractivity contribution >= 4 is 12.2 Å². The quantitative estimate of drug-likeness (QED) is 0.452. The molecule has 11 heavy (non-hydrogen) atoms. The van der Waals surface area contributed by atoms with Gasteiger partial charge in [0.1, 0.15) is 0 Å². The van der Waals surface area contributed by atoms with E-state index in [4.69, 9.17) is 0 Å². The summed E-state index contributed by atoms with van der Waals surface area (Å²) in [5.74, 6) is -0.245. The van der Waals surface area contributed by atoms with E-state index in [1.165, 1.54) is 13.1 Å². The molecule has 1 amide bonds. The molecular formula is C7H12N2O2. The van der Waals surface area contributed by atoms with Gasteiger partial charge in [0.05, 0.1) is 5.70 Å². The Labute approximate surface area is 65.9 Å². The lowest BCUT2D eigenvalue weighted by molar-refractivity contribution is -0.119. The van der Waals surface area contributed by atoms with Crippen molar-refractivity contribution in [2.75, 3.05) is 14.1 Å². The van der Waals surface area contributed by atoms with E-state index in [-0.39, 0.29) is 11.6 Å². The number of hydrogen-bond donors (Lipinski definition) is 1. The number of amides is 1. The van der Waals surface area contributed by atoms with E-state index < -0.39 is 0 Å². The summed E-state index contributed by atoms with van der Waals surface area (Å²) in [6, 6.07) is 0. The standard InChI is InChI=1S/C7H12N2O2/c1-6(11)8-7(5-10)4-9(2)3/h4-5H,1-3H3,(H,8,11)/b7-4+. The Morgan fingerprint density at radius 2 is 2.00 bits per heavy atom. The number of hydrogen-bond acceptors (Lipinski definition) is 3. The van der Waals surface area contributed by atoms with Crippen LogP contribution in [-0.4, -0.2) is 31.2 Å². The Morgan fingerprint density at radius 3 is 2.27 bits per heavy atom. The van der Waals surface area contributed by atoms with Gasteiger partial charge in [0, 0.05) is 27.2 Å². The second kappa shape index (κ2) is 4.49. The number of nitrogens with one attached hydrogen (secondary N) is 1. The van der Waals surface area contributed by atoms with Gasteiger partial charge in [0.25, 0.3) is 0 Å². The molecule has 62 valence electrons. The fourth-order valence-electron chi connectivity index (χ4n) is 0.574. The van der Waals surface area contributed by atoms with E-state index >= 15 is 0 Å². The molecule has 0 aliphatic carbocycles. The van der Waals surface area contributed by atoms with Gasteiger partial charge in [-0.1, -0.05) is 0 Å². The maximum atomic E-state index is 10.5. The Kier molecular flexibility index (Phi) is 3.95. The largest absolute Gasteiger partial charge is 0.382 e. The highest BCUT2D eigenvalue weighted by Gasteiger charge is 1.96. The number of nitrogens with zero attached hydrogens (tertiary/aromatic N) is 1. The average Bonchev–Trinajstić information content (AvgIpc) is 1.84. The van der Waals surface area contributed by atoms with Gasteiger partial charge < -0.3 is 10.2 Å². The van der Waals surface area contributed by atoms with Crippen molar-refractivity contribution in [2.24, 2.45) is 0 Å². The fourth-order valence-corrected chi connectivity index (χ4v) is 0.574. The van der Waals surface area contributed by atoms with E-state index in [1.807, 2.05) is 0 Å². The maximum absolute atomic E-state index is 10.5. The minimum atomic E-state index is -0.245. The lowest BCUT2D eigenvalue weighted by atomic mass is 10.5. The molecule has 0 aliphatic heterocycles. The highest BCUT2D eigenvalue weighted by atomic mass is 16.2. The summed E-state index contributed by atoms with van der Waals surface area (Å²) in [6.07, 6.45) is 2.13. The zero-order valence-electron chi connectivity index (χ0n) is 6.92. The van der Waals surface area contributed by atoms with Gasteiger partial charge >= 0.3 is 0 Å². The number of rotatable bonds is 3. The molecule has 0 atom stereocenters. The van der Waals surface area contributed by atoms with Crippen LogP contribution in [-0.2, 0) is 9.59 Å². The number of aldehydes is 1. The van der Waals surface area contributed by atoms with E-state index in [9.17, 15) is 9.59 Å². The lowest BCUT2D eigenvalue weighted by Crippen LogP contribution is -2.22. The van der Waals surface area contributed by atoms with Gasteiger partial charge in [-0.2, -0.15) is 0 Å². The zero-order chi connectivity index (χ0) is 8.85. The molecule has 1 N–H and O–H groups in total. The third kappa shape index (κ3) is 5.14. The molecule has 0 unspecified atom stereocenters. The molecule has 0 saturated heterocycles. The van der Waals surface area contributed by atoms with Crippen LogP contribution in [0.2, 0.25) is 0 Å². The highest BCUT2D eigenvalue weighted by Crippen LogP contribution is 1.85. The molecule has 0 aliphatic rings. The van der Waals surface area contributed by atoms with Gasteiger partial charge in [0.2, 0.25) is 5.91 Å². The van der Waals surface area contributed by atoms with Gasteiger partial charge in [-0.05, 0) is 0 Å². The van der Waals surface area contributed by atoms with E-state index in [0.717, 1.165) is 0 Å². The third-order valence-electron chi connectivity index (χ3n) is 0.845. The van der Waals surface area contributed by atoms with Gasteiger partial charge in [-0.25, -0.2) is 0 Å². The maximum Gasteiger partial charge on any atom is 0.221 e. The minimum Gasteiger partial charge on any atom is -0.382 e. The van der Waals surface area contributed by atoms with Crippen LogP contribution in [0, 0.1) is 0 Å². The summed E-state index contributed by atoms with van der Waals surface area (Å²) in [7, 11) is 3.54. The fraction of sp³-hybridized carbons (Fsp3) is 0.429. The molecule has 0 heterocycles. The molecule has 4 nitrogen and oxygen atoms in total. The summed E-state index contributed by atoms with van der Waals surface area (Å²) in [4.78, 5) is 22.4. The monoisotopic (exact) mass is 156 g/mol. The number of carbonyl (C=O) groups excluding carboxylic acids is 2. The Bertz CT molecular complexity index is 185. The predicted molar refractivity (Wildman–Crippen MR) is 41.7 cm³/mol. The van der Waals surface area contributed by atoms with Gasteiger partial charge in [0.15, 0.2) is 6.29 Å². The molecule has 4 heteroatoms. The summed E-state index contributed by atoms with van der Waals surface area (Å²) in [6.45, 7) is 1.35. The molecule has 0 rings (SSSR count). The first-order valence-corrected chi connectivity index (χ1v) is 3.17. The summed E-state index contributed by atoms with van der Waals surface area (Å²) in [5.41, 5.74) is 0.266. The van der Waals surface area contributed by atoms with Crippen LogP contribution in [0.25, 0.3) is 0 Å². The van der Waals surface area contributed by atoms with Crippen LogP contribution >= 0.6 is 0 Å². The molecule has 0 fully saturated rings. The van der Waals surface area contributed by atoms with Crippen molar-refractivity contribution in [1.82, 2.24) is 10.2 Å². The SMILES string of the molecule is CC(=O)N/C(C=O)=C/N(C)C. The molecule has 0 spiro atoms. The molecular weight excluding hydrogens is 144 g/mol. The molecule has 0 saturated carbocycles. The first kappa shape index (κ1) is 9.68. The molecule has 0 aromatic rings. The first-order valence-electron chi connectivity index (χ1n) is 3.17. The van der Waals surface area contributed by atoms with Gasteiger partial charge in [-0.15, -0.1) is 0 Å². The van der Waals surface area contributed by atoms with Crippen molar-refractivity contribution < 1.29 is 9.59 Å². The van der Waals surface area contributed by atoms with Crippen LogP contribution in [0.5, 0.6) is 0 Å². The second-order valence-electron chi connectivity index (χ2n) is 2.35. The van der Waals surface area contributed by atoms with Crippen molar-refractivity contribution in [1.29, 1.82) is 0 Å². The van der Waals surface area contributed by atoms with Crippen molar-refractivity contribution in [3.05, 3.63) is 11.9 Å². The third-order valence-corrected chi connectivity index (χ3v) is 0.845.